The molecule has 2 aromatic rings. The number of aliphatic hydroxyl groups excluding tert-OH is 3. The lowest BCUT2D eigenvalue weighted by Gasteiger charge is -2.31. The van der Waals surface area contributed by atoms with Gasteiger partial charge in [-0.15, -0.1) is 0 Å². The summed E-state index contributed by atoms with van der Waals surface area (Å²) >= 11 is 0. The fraction of sp³-hybridized carbons (Fsp3) is 0.441. The van der Waals surface area contributed by atoms with Crippen LogP contribution in [0.5, 0.6) is 0 Å². The smallest absolute Gasteiger partial charge is 0.331 e. The Morgan fingerprint density at radius 3 is 1.61 bits per heavy atom. The summed E-state index contributed by atoms with van der Waals surface area (Å²) in [4.78, 5) is 35.7. The number of nitrogens with zero attached hydrogens (tertiary/aromatic N) is 1. The zero-order valence-corrected chi connectivity index (χ0v) is 26.3. The van der Waals surface area contributed by atoms with Crippen molar-refractivity contribution in [1.29, 1.82) is 0 Å². The van der Waals surface area contributed by atoms with E-state index in [0.717, 1.165) is 12.2 Å². The summed E-state index contributed by atoms with van der Waals surface area (Å²) < 4.78 is 43.0. The van der Waals surface area contributed by atoms with E-state index in [1.807, 2.05) is 0 Å². The number of benzene rings is 2. The lowest BCUT2D eigenvalue weighted by Crippen LogP contribution is -2.46. The number of carbonyl (C=O) groups excluding carboxylic acids is 3. The maximum atomic E-state index is 14.3. The number of halogens is 2. The highest BCUT2D eigenvalue weighted by atomic mass is 19.1. The maximum absolute atomic E-state index is 14.3. The molecule has 0 fully saturated rings. The predicted octanol–water partition coefficient (Wildman–Crippen LogP) is 3.72. The van der Waals surface area contributed by atoms with Crippen molar-refractivity contribution in [3.8, 4) is 0 Å². The van der Waals surface area contributed by atoms with Crippen LogP contribution in [0, 0.1) is 0 Å². The van der Waals surface area contributed by atoms with Crippen LogP contribution in [0.3, 0.4) is 0 Å². The van der Waals surface area contributed by atoms with Crippen molar-refractivity contribution in [2.24, 2.45) is 0 Å². The van der Waals surface area contributed by atoms with Crippen LogP contribution in [-0.4, -0.2) is 94.4 Å². The number of esters is 3. The monoisotopic (exact) mass is 647 g/mol. The molecule has 0 aromatic heterocycles. The molecule has 252 valence electrons. The summed E-state index contributed by atoms with van der Waals surface area (Å²) in [5.74, 6) is -2.04. The van der Waals surface area contributed by atoms with E-state index < -0.39 is 66.9 Å². The van der Waals surface area contributed by atoms with E-state index in [1.165, 1.54) is 63.0 Å². The van der Waals surface area contributed by atoms with Gasteiger partial charge in [0.1, 0.15) is 18.3 Å². The highest BCUT2D eigenvalue weighted by molar-refractivity contribution is 5.83. The number of aliphatic hydroxyl groups is 3. The molecule has 0 bridgehead atoms. The van der Waals surface area contributed by atoms with E-state index in [1.54, 1.807) is 36.4 Å². The first kappa shape index (κ1) is 38.2. The molecule has 8 atom stereocenters. The Morgan fingerprint density at radius 2 is 1.20 bits per heavy atom. The van der Waals surface area contributed by atoms with E-state index in [9.17, 15) is 38.5 Å². The van der Waals surface area contributed by atoms with Crippen LogP contribution in [0.4, 0.5) is 8.78 Å². The molecule has 0 radical (unpaired) electrons. The van der Waals surface area contributed by atoms with E-state index in [0.29, 0.717) is 0 Å². The molecule has 0 saturated heterocycles. The van der Waals surface area contributed by atoms with Crippen molar-refractivity contribution in [1.82, 2.24) is 4.90 Å². The van der Waals surface area contributed by atoms with Gasteiger partial charge in [-0.2, -0.15) is 0 Å². The van der Waals surface area contributed by atoms with Crippen LogP contribution in [-0.2, 0) is 28.6 Å². The molecule has 4 rings (SSSR count). The molecule has 0 spiro atoms. The Kier molecular flexibility index (Phi) is 16.2. The quantitative estimate of drug-likeness (QED) is 0.258. The van der Waals surface area contributed by atoms with Gasteiger partial charge in [0, 0.05) is 19.1 Å². The van der Waals surface area contributed by atoms with Gasteiger partial charge in [0.15, 0.2) is 30.7 Å². The lowest BCUT2D eigenvalue weighted by atomic mass is 9.97. The molecule has 3 N–H and O–H groups in total. The average molecular weight is 648 g/mol. The zero-order chi connectivity index (χ0) is 34.2. The number of rotatable bonds is 10. The summed E-state index contributed by atoms with van der Waals surface area (Å²) in [6.07, 6.45) is -7.00. The van der Waals surface area contributed by atoms with E-state index in [2.05, 4.69) is 25.7 Å². The topological polar surface area (TPSA) is 143 Å². The number of carbonyl (C=O) groups is 3. The molecule has 46 heavy (non-hydrogen) atoms. The third kappa shape index (κ3) is 11.8. The first-order valence-electron chi connectivity index (χ1n) is 15.0. The molecular weight excluding hydrogens is 604 g/mol. The molecule has 0 amide bonds. The highest BCUT2D eigenvalue weighted by Crippen LogP contribution is 2.29. The summed E-state index contributed by atoms with van der Waals surface area (Å²) in [7, 11) is 0. The lowest BCUT2D eigenvalue weighted by molar-refractivity contribution is -0.174. The number of alkyl halides is 2. The van der Waals surface area contributed by atoms with Gasteiger partial charge >= 0.3 is 17.9 Å². The predicted molar refractivity (Wildman–Crippen MR) is 166 cm³/mol. The fourth-order valence-electron chi connectivity index (χ4n) is 4.56. The minimum Gasteiger partial charge on any atom is -0.454 e. The van der Waals surface area contributed by atoms with Gasteiger partial charge in [-0.05, 0) is 42.9 Å². The largest absolute Gasteiger partial charge is 0.454 e. The van der Waals surface area contributed by atoms with Crippen LogP contribution in [0.25, 0.3) is 0 Å². The third-order valence-corrected chi connectivity index (χ3v) is 7.17. The SMILES string of the molecule is CC(=O)O[C@H]1C=CC(=O)O[C@H]1[C@@H](O)[C@H](F)c1ccccc1.CCN(CC)CC.O=C1C=C[C@H](O)[C@H]([C@@H](O)[C@H](F)c2ccccc2)O1. The van der Waals surface area contributed by atoms with Crippen molar-refractivity contribution in [2.45, 2.75) is 76.7 Å². The summed E-state index contributed by atoms with van der Waals surface area (Å²) in [5, 5.41) is 29.5. The van der Waals surface area contributed by atoms with E-state index >= 15 is 0 Å². The zero-order valence-electron chi connectivity index (χ0n) is 26.3. The Bertz CT molecular complexity index is 1270. The normalized spacial score (nSPS) is 22.9. The van der Waals surface area contributed by atoms with Crippen molar-refractivity contribution < 1.29 is 52.7 Å². The summed E-state index contributed by atoms with van der Waals surface area (Å²) in [6, 6.07) is 16.0. The Hall–Kier alpha value is -3.97. The Morgan fingerprint density at radius 1 is 0.783 bits per heavy atom. The molecule has 2 heterocycles. The first-order chi connectivity index (χ1) is 21.9. The van der Waals surface area contributed by atoms with E-state index in [-0.39, 0.29) is 11.1 Å². The molecule has 0 saturated carbocycles. The van der Waals surface area contributed by atoms with Crippen molar-refractivity contribution in [3.05, 3.63) is 96.1 Å². The van der Waals surface area contributed by atoms with Crippen LogP contribution < -0.4 is 0 Å². The maximum Gasteiger partial charge on any atom is 0.331 e. The number of hydrogen-bond acceptors (Lipinski definition) is 10. The number of hydrogen-bond donors (Lipinski definition) is 3. The van der Waals surface area contributed by atoms with Crippen LogP contribution >= 0.6 is 0 Å². The van der Waals surface area contributed by atoms with Gasteiger partial charge in [-0.1, -0.05) is 81.4 Å². The molecule has 2 aliphatic heterocycles. The summed E-state index contributed by atoms with van der Waals surface area (Å²) in [5.41, 5.74) is 0.514. The minimum absolute atomic E-state index is 0.247. The van der Waals surface area contributed by atoms with Gasteiger partial charge in [0.2, 0.25) is 0 Å². The van der Waals surface area contributed by atoms with Gasteiger partial charge in [-0.3, -0.25) is 4.79 Å². The first-order valence-corrected chi connectivity index (χ1v) is 15.0. The molecule has 2 aromatic carbocycles. The highest BCUT2D eigenvalue weighted by Gasteiger charge is 2.40. The Balaban J connectivity index is 0.000000268. The molecule has 0 aliphatic carbocycles. The van der Waals surface area contributed by atoms with Gasteiger partial charge in [0.25, 0.3) is 0 Å². The number of ether oxygens (including phenoxy) is 3. The molecular formula is C34H43F2NO9. The average Bonchev–Trinajstić information content (AvgIpc) is 3.07. The second kappa shape index (κ2) is 19.5. The van der Waals surface area contributed by atoms with Gasteiger partial charge in [-0.25, -0.2) is 18.4 Å². The van der Waals surface area contributed by atoms with E-state index in [4.69, 9.17) is 14.2 Å². The second-order valence-electron chi connectivity index (χ2n) is 10.3. The van der Waals surface area contributed by atoms with Crippen molar-refractivity contribution in [2.75, 3.05) is 19.6 Å². The second-order valence-corrected chi connectivity index (χ2v) is 10.3. The van der Waals surface area contributed by atoms with Gasteiger partial charge < -0.3 is 34.4 Å². The van der Waals surface area contributed by atoms with Crippen LogP contribution in [0.1, 0.15) is 51.2 Å². The van der Waals surface area contributed by atoms with Gasteiger partial charge in [0.05, 0.1) is 0 Å². The Labute approximate surface area is 267 Å². The molecule has 2 aliphatic rings. The van der Waals surface area contributed by atoms with Crippen molar-refractivity contribution >= 4 is 17.9 Å². The number of cyclic esters (lactones) is 2. The standard InChI is InChI=1S/C15H15FO5.C13H13FO4.C6H15N/c1-9(17)20-11-7-8-12(18)21-15(11)14(19)13(16)10-5-3-2-4-6-10;14-11(8-4-2-1-3-5-8)12(17)13-9(15)6-7-10(16)18-13;1-4-7(5-2)6-3/h2-8,11,13-15,19H,1H3;1-7,9,11-13,15,17H;4-6H2,1-3H3/t11-,13+,14-,15+;9-,11+,12-,13+;/m00./s1. The minimum atomic E-state index is -1.77. The third-order valence-electron chi connectivity index (χ3n) is 7.17. The van der Waals surface area contributed by atoms with Crippen molar-refractivity contribution in [3.63, 3.8) is 0 Å². The van der Waals surface area contributed by atoms with Crippen LogP contribution in [0.15, 0.2) is 85.0 Å². The molecule has 0 unspecified atom stereocenters. The summed E-state index contributed by atoms with van der Waals surface area (Å²) in [6.45, 7) is 11.3. The van der Waals surface area contributed by atoms with Crippen LogP contribution in [0.2, 0.25) is 0 Å². The molecule has 12 heteroatoms. The molecule has 10 nitrogen and oxygen atoms in total. The fourth-order valence-corrected chi connectivity index (χ4v) is 4.56.